The fourth-order valence-electron chi connectivity index (χ4n) is 6.38. The van der Waals surface area contributed by atoms with Gasteiger partial charge in [0.2, 0.25) is 0 Å². The molecule has 1 saturated heterocycles. The van der Waals surface area contributed by atoms with Gasteiger partial charge in [-0.2, -0.15) is 0 Å². The number of ether oxygens (including phenoxy) is 3. The molecule has 0 unspecified atom stereocenters. The maximum atomic E-state index is 6.95. The van der Waals surface area contributed by atoms with E-state index in [-0.39, 0.29) is 32.8 Å². The van der Waals surface area contributed by atoms with Crippen molar-refractivity contribution in [2.75, 3.05) is 20.8 Å². The summed E-state index contributed by atoms with van der Waals surface area (Å²) in [6.45, 7) is 12.9. The fourth-order valence-corrected chi connectivity index (χ4v) is 9.07. The van der Waals surface area contributed by atoms with Crippen LogP contribution in [0, 0.1) is 17.8 Å². The summed E-state index contributed by atoms with van der Waals surface area (Å²) in [6, 6.07) is 19.3. The number of methoxy groups -OCH3 is 2. The molecule has 36 heavy (non-hydrogen) atoms. The van der Waals surface area contributed by atoms with Crippen molar-refractivity contribution < 1.29 is 14.2 Å². The van der Waals surface area contributed by atoms with Crippen molar-refractivity contribution >= 4 is 19.4 Å². The third kappa shape index (κ3) is 5.86. The van der Waals surface area contributed by atoms with E-state index in [1.807, 2.05) is 19.2 Å². The molecule has 4 nitrogen and oxygen atoms in total. The van der Waals surface area contributed by atoms with E-state index in [2.05, 4.69) is 82.0 Å². The Morgan fingerprint density at radius 3 is 2.39 bits per heavy atom. The number of benzene rings is 2. The molecule has 4 rings (SSSR count). The molecule has 0 bridgehead atoms. The Labute approximate surface area is 225 Å². The molecule has 0 radical (unpaired) electrons. The monoisotopic (exact) mass is 559 g/mol. The standard InChI is InChI=1S/C31H45NO3Se/c1-21(2)30-32(31(4,5)25-18-17-22(3)19-27(25)35-30)20-28(36-23-13-9-8-10-14-23)29(34-7)24-15-11-12-16-26(24)33-6/h8-16,21-22,25,27-30H,17-20H2,1-7H3/t22-,25-,27-,28-,29+,30+/m1/s1. The van der Waals surface area contributed by atoms with E-state index in [4.69, 9.17) is 14.2 Å². The second-order valence-electron chi connectivity index (χ2n) is 11.5. The molecule has 0 N–H and O–H groups in total. The summed E-state index contributed by atoms with van der Waals surface area (Å²) in [5.74, 6) is 2.62. The molecule has 2 aromatic rings. The Hall–Kier alpha value is -1.36. The summed E-state index contributed by atoms with van der Waals surface area (Å²) in [4.78, 5) is 3.00. The van der Waals surface area contributed by atoms with Gasteiger partial charge in [0.05, 0.1) is 0 Å². The second-order valence-corrected chi connectivity index (χ2v) is 14.3. The molecular formula is C31H45NO3Se. The zero-order valence-corrected chi connectivity index (χ0v) is 24.9. The first-order valence-corrected chi connectivity index (χ1v) is 15.4. The van der Waals surface area contributed by atoms with Crippen LogP contribution in [0.2, 0.25) is 4.82 Å². The van der Waals surface area contributed by atoms with Crippen molar-refractivity contribution in [3.63, 3.8) is 0 Å². The van der Waals surface area contributed by atoms with Gasteiger partial charge in [-0.05, 0) is 0 Å². The van der Waals surface area contributed by atoms with Crippen LogP contribution in [0.15, 0.2) is 54.6 Å². The number of nitrogens with zero attached hydrogens (tertiary/aromatic N) is 1. The summed E-state index contributed by atoms with van der Waals surface area (Å²) in [6.07, 6.45) is 4.13. The SMILES string of the molecule is COc1ccccc1[C@H](OC)[C@@H](CN1[C@H](C(C)C)O[C@@H]2C[C@H](C)CC[C@H]2C1(C)C)[Se]c1ccccc1. The van der Waals surface area contributed by atoms with E-state index in [9.17, 15) is 0 Å². The Morgan fingerprint density at radius 1 is 1.03 bits per heavy atom. The van der Waals surface area contributed by atoms with E-state index < -0.39 is 0 Å². The maximum absolute atomic E-state index is 6.95. The third-order valence-electron chi connectivity index (χ3n) is 8.34. The molecule has 2 fully saturated rings. The van der Waals surface area contributed by atoms with E-state index in [1.165, 1.54) is 23.7 Å². The van der Waals surface area contributed by atoms with Crippen LogP contribution in [0.1, 0.15) is 65.5 Å². The van der Waals surface area contributed by atoms with Gasteiger partial charge in [0.25, 0.3) is 0 Å². The summed E-state index contributed by atoms with van der Waals surface area (Å²) in [5, 5.41) is 0. The van der Waals surface area contributed by atoms with Gasteiger partial charge in [0.1, 0.15) is 0 Å². The van der Waals surface area contributed by atoms with Gasteiger partial charge in [-0.15, -0.1) is 0 Å². The average Bonchev–Trinajstić information content (AvgIpc) is 2.86. The van der Waals surface area contributed by atoms with Crippen molar-refractivity contribution in [3.05, 3.63) is 60.2 Å². The molecule has 1 saturated carbocycles. The van der Waals surface area contributed by atoms with E-state index in [0.29, 0.717) is 22.8 Å². The van der Waals surface area contributed by atoms with Crippen molar-refractivity contribution in [2.45, 2.75) is 82.7 Å². The molecule has 1 aliphatic carbocycles. The summed E-state index contributed by atoms with van der Waals surface area (Å²) < 4.78 is 20.4. The quantitative estimate of drug-likeness (QED) is 0.348. The average molecular weight is 559 g/mol. The van der Waals surface area contributed by atoms with E-state index >= 15 is 0 Å². The molecule has 0 amide bonds. The van der Waals surface area contributed by atoms with Gasteiger partial charge in [0, 0.05) is 0 Å². The first-order chi connectivity index (χ1) is 17.3. The zero-order valence-electron chi connectivity index (χ0n) is 23.1. The summed E-state index contributed by atoms with van der Waals surface area (Å²) in [5.41, 5.74) is 1.19. The van der Waals surface area contributed by atoms with E-state index in [0.717, 1.165) is 23.8 Å². The zero-order chi connectivity index (χ0) is 25.9. The Bertz CT molecular complexity index is 965. The van der Waals surface area contributed by atoms with Crippen LogP contribution in [0.4, 0.5) is 0 Å². The van der Waals surface area contributed by atoms with E-state index in [1.54, 1.807) is 7.11 Å². The molecule has 1 heterocycles. The van der Waals surface area contributed by atoms with Gasteiger partial charge in [-0.1, -0.05) is 0 Å². The summed E-state index contributed by atoms with van der Waals surface area (Å²) >= 11 is 0.207. The topological polar surface area (TPSA) is 30.9 Å². The summed E-state index contributed by atoms with van der Waals surface area (Å²) in [7, 11) is 3.60. The molecule has 0 aromatic heterocycles. The van der Waals surface area contributed by atoms with Crippen LogP contribution < -0.4 is 9.20 Å². The van der Waals surface area contributed by atoms with Crippen LogP contribution >= 0.6 is 0 Å². The minimum atomic E-state index is -0.0610. The Balaban J connectivity index is 1.71. The van der Waals surface area contributed by atoms with Crippen LogP contribution in [-0.4, -0.2) is 58.5 Å². The van der Waals surface area contributed by atoms with Crippen LogP contribution in [0.3, 0.4) is 0 Å². The first-order valence-electron chi connectivity index (χ1n) is 13.6. The Kier molecular flexibility index (Phi) is 9.23. The number of para-hydroxylation sites is 1. The van der Waals surface area contributed by atoms with Gasteiger partial charge in [-0.3, -0.25) is 0 Å². The Morgan fingerprint density at radius 2 is 1.72 bits per heavy atom. The van der Waals surface area contributed by atoms with Crippen LogP contribution in [0.25, 0.3) is 0 Å². The predicted octanol–water partition coefficient (Wildman–Crippen LogP) is 6.10. The number of rotatable bonds is 9. The van der Waals surface area contributed by atoms with Crippen molar-refractivity contribution in [1.29, 1.82) is 0 Å². The molecule has 0 spiro atoms. The number of hydrogen-bond donors (Lipinski definition) is 0. The fraction of sp³-hybridized carbons (Fsp3) is 0.613. The van der Waals surface area contributed by atoms with Gasteiger partial charge in [-0.25, -0.2) is 0 Å². The van der Waals surface area contributed by atoms with Crippen molar-refractivity contribution in [2.24, 2.45) is 17.8 Å². The van der Waals surface area contributed by atoms with Gasteiger partial charge in [0.15, 0.2) is 0 Å². The molecule has 1 aliphatic heterocycles. The first kappa shape index (κ1) is 27.7. The molecule has 2 aliphatic rings. The second kappa shape index (κ2) is 12.0. The van der Waals surface area contributed by atoms with Crippen LogP contribution in [0.5, 0.6) is 5.75 Å². The minimum absolute atomic E-state index is 0.0576. The molecule has 6 atom stereocenters. The number of fused-ring (bicyclic) bond motifs is 1. The molecule has 2 aromatic carbocycles. The molecule has 198 valence electrons. The normalized spacial score (nSPS) is 27.9. The van der Waals surface area contributed by atoms with Crippen molar-refractivity contribution in [1.82, 2.24) is 4.90 Å². The van der Waals surface area contributed by atoms with Crippen molar-refractivity contribution in [3.8, 4) is 5.75 Å². The van der Waals surface area contributed by atoms with Crippen LogP contribution in [-0.2, 0) is 9.47 Å². The van der Waals surface area contributed by atoms with Gasteiger partial charge >= 0.3 is 226 Å². The predicted molar refractivity (Wildman–Crippen MR) is 149 cm³/mol. The number of hydrogen-bond acceptors (Lipinski definition) is 4. The molecule has 5 heteroatoms. The third-order valence-corrected chi connectivity index (χ3v) is 10.9. The van der Waals surface area contributed by atoms with Gasteiger partial charge < -0.3 is 0 Å². The molecular weight excluding hydrogens is 513 g/mol.